The zero-order valence-corrected chi connectivity index (χ0v) is 19.6. The van der Waals surface area contributed by atoms with Gasteiger partial charge in [-0.15, -0.1) is 6.58 Å². The van der Waals surface area contributed by atoms with Crippen LogP contribution in [0.3, 0.4) is 0 Å². The molecular weight excluding hydrogens is 410 g/mol. The number of halogens is 2. The smallest absolute Gasteiger partial charge is 0.174 e. The molecule has 2 saturated carbocycles. The third-order valence-corrected chi connectivity index (χ3v) is 7.67. The fraction of sp³-hybridized carbons (Fsp3) is 0.419. The van der Waals surface area contributed by atoms with Gasteiger partial charge in [-0.2, -0.15) is 0 Å². The molecule has 172 valence electrons. The lowest BCUT2D eigenvalue weighted by atomic mass is 9.64. The summed E-state index contributed by atoms with van der Waals surface area (Å²) in [7, 11) is 0. The molecule has 0 radical (unpaired) electrons. The van der Waals surface area contributed by atoms with Crippen molar-refractivity contribution in [1.29, 1.82) is 0 Å². The molecule has 0 saturated heterocycles. The Kier molecular flexibility index (Phi) is 7.81. The normalized spacial score (nSPS) is 24.7. The molecule has 4 atom stereocenters. The molecular formula is C31H34F2. The van der Waals surface area contributed by atoms with Crippen LogP contribution in [0.2, 0.25) is 0 Å². The van der Waals surface area contributed by atoms with Gasteiger partial charge in [0.15, 0.2) is 11.6 Å². The summed E-state index contributed by atoms with van der Waals surface area (Å²) in [6.45, 7) is 5.98. The molecule has 0 amide bonds. The molecule has 0 bridgehead atoms. The van der Waals surface area contributed by atoms with Crippen LogP contribution in [0.25, 0.3) is 0 Å². The van der Waals surface area contributed by atoms with Crippen molar-refractivity contribution in [2.75, 3.05) is 0 Å². The Bertz CT molecular complexity index is 1050. The monoisotopic (exact) mass is 444 g/mol. The van der Waals surface area contributed by atoms with Crippen molar-refractivity contribution >= 4 is 0 Å². The van der Waals surface area contributed by atoms with Crippen LogP contribution in [0.1, 0.15) is 80.0 Å². The Morgan fingerprint density at radius 2 is 1.67 bits per heavy atom. The van der Waals surface area contributed by atoms with Crippen LogP contribution >= 0.6 is 0 Å². The van der Waals surface area contributed by atoms with Crippen molar-refractivity contribution in [2.24, 2.45) is 17.8 Å². The number of hydrogen-bond acceptors (Lipinski definition) is 0. The SMILES string of the molecule is C=CC1CCC2CC(c3ccc(C#Cc4ccc(CC/C=C/C)cc4)c(F)c3F)CCC2C1. The molecule has 0 aliphatic heterocycles. The van der Waals surface area contributed by atoms with Crippen LogP contribution in [0.15, 0.2) is 61.2 Å². The van der Waals surface area contributed by atoms with Gasteiger partial charge < -0.3 is 0 Å². The second-order valence-corrected chi connectivity index (χ2v) is 9.72. The van der Waals surface area contributed by atoms with Crippen LogP contribution in [-0.2, 0) is 6.42 Å². The second-order valence-electron chi connectivity index (χ2n) is 9.72. The first kappa shape index (κ1) is 23.5. The Labute approximate surface area is 197 Å². The van der Waals surface area contributed by atoms with Crippen molar-refractivity contribution < 1.29 is 8.78 Å². The zero-order valence-electron chi connectivity index (χ0n) is 19.6. The summed E-state index contributed by atoms with van der Waals surface area (Å²) < 4.78 is 29.9. The summed E-state index contributed by atoms with van der Waals surface area (Å²) in [6, 6.07) is 11.4. The van der Waals surface area contributed by atoms with E-state index in [0.717, 1.165) is 37.7 Å². The molecule has 4 rings (SSSR count). The Hall–Kier alpha value is -2.66. The lowest BCUT2D eigenvalue weighted by Gasteiger charge is -2.41. The molecule has 2 aromatic carbocycles. The lowest BCUT2D eigenvalue weighted by Crippen LogP contribution is -2.30. The number of fused-ring (bicyclic) bond motifs is 1. The van der Waals surface area contributed by atoms with Crippen molar-refractivity contribution in [3.63, 3.8) is 0 Å². The van der Waals surface area contributed by atoms with Gasteiger partial charge in [-0.05, 0) is 111 Å². The molecule has 0 spiro atoms. The third kappa shape index (κ3) is 5.64. The highest BCUT2D eigenvalue weighted by atomic mass is 19.2. The first-order chi connectivity index (χ1) is 16.1. The topological polar surface area (TPSA) is 0 Å². The van der Waals surface area contributed by atoms with Gasteiger partial charge >= 0.3 is 0 Å². The first-order valence-electron chi connectivity index (χ1n) is 12.4. The highest BCUT2D eigenvalue weighted by Gasteiger charge is 2.36. The van der Waals surface area contributed by atoms with E-state index < -0.39 is 11.6 Å². The highest BCUT2D eigenvalue weighted by molar-refractivity contribution is 5.45. The van der Waals surface area contributed by atoms with E-state index in [9.17, 15) is 4.39 Å². The predicted molar refractivity (Wildman–Crippen MR) is 133 cm³/mol. The van der Waals surface area contributed by atoms with Crippen LogP contribution < -0.4 is 0 Å². The standard InChI is InChI=1S/C31H34F2/c1-3-5-6-7-23-8-10-24(11-9-23)13-14-25-18-19-29(31(33)30(25)32)28-17-16-26-20-22(4-2)12-15-27(26)21-28/h3-5,8-11,18-19,22,26-28H,2,6-7,12,15-17,20-21H2,1H3/b5-3+. The van der Waals surface area contributed by atoms with Crippen molar-refractivity contribution in [1.82, 2.24) is 0 Å². The minimum Gasteiger partial charge on any atom is -0.203 e. The minimum atomic E-state index is -0.805. The Balaban J connectivity index is 1.44. The van der Waals surface area contributed by atoms with Crippen LogP contribution in [0, 0.1) is 41.2 Å². The molecule has 0 heterocycles. The van der Waals surface area contributed by atoms with Gasteiger partial charge in [-0.1, -0.05) is 48.3 Å². The van der Waals surface area contributed by atoms with Crippen molar-refractivity contribution in [3.05, 3.63) is 95.1 Å². The molecule has 33 heavy (non-hydrogen) atoms. The van der Waals surface area contributed by atoms with E-state index >= 15 is 4.39 Å². The van der Waals surface area contributed by atoms with E-state index in [2.05, 4.69) is 36.6 Å². The summed E-state index contributed by atoms with van der Waals surface area (Å²) in [4.78, 5) is 0. The van der Waals surface area contributed by atoms with Crippen molar-refractivity contribution in [2.45, 2.75) is 64.2 Å². The maximum absolute atomic E-state index is 15.1. The Morgan fingerprint density at radius 1 is 0.909 bits per heavy atom. The van der Waals surface area contributed by atoms with Crippen LogP contribution in [0.5, 0.6) is 0 Å². The number of benzene rings is 2. The Morgan fingerprint density at radius 3 is 2.42 bits per heavy atom. The first-order valence-corrected chi connectivity index (χ1v) is 12.4. The fourth-order valence-corrected chi connectivity index (χ4v) is 5.71. The largest absolute Gasteiger partial charge is 0.203 e. The summed E-state index contributed by atoms with van der Waals surface area (Å²) in [5.41, 5.74) is 2.72. The van der Waals surface area contributed by atoms with Crippen LogP contribution in [0.4, 0.5) is 8.78 Å². The lowest BCUT2D eigenvalue weighted by molar-refractivity contribution is 0.132. The molecule has 0 aromatic heterocycles. The summed E-state index contributed by atoms with van der Waals surface area (Å²) in [5, 5.41) is 0. The minimum absolute atomic E-state index is 0.109. The van der Waals surface area contributed by atoms with Crippen LogP contribution in [-0.4, -0.2) is 0 Å². The van der Waals surface area contributed by atoms with Gasteiger partial charge in [-0.25, -0.2) is 8.78 Å². The van der Waals surface area contributed by atoms with Gasteiger partial charge in [-0.3, -0.25) is 0 Å². The number of allylic oxidation sites excluding steroid dienone is 3. The van der Waals surface area contributed by atoms with Gasteiger partial charge in [0.25, 0.3) is 0 Å². The van der Waals surface area contributed by atoms with Gasteiger partial charge in [0.05, 0.1) is 5.56 Å². The van der Waals surface area contributed by atoms with Gasteiger partial charge in [0.1, 0.15) is 0 Å². The highest BCUT2D eigenvalue weighted by Crippen LogP contribution is 2.48. The predicted octanol–water partition coefficient (Wildman–Crippen LogP) is 8.36. The summed E-state index contributed by atoms with van der Waals surface area (Å²) in [6.07, 6.45) is 14.9. The van der Waals surface area contributed by atoms with Gasteiger partial charge in [0, 0.05) is 5.56 Å². The van der Waals surface area contributed by atoms with E-state index in [1.54, 1.807) is 12.1 Å². The summed E-state index contributed by atoms with van der Waals surface area (Å²) >= 11 is 0. The van der Waals surface area contributed by atoms with E-state index in [1.807, 2.05) is 31.2 Å². The van der Waals surface area contributed by atoms with E-state index in [1.165, 1.54) is 24.8 Å². The van der Waals surface area contributed by atoms with Crippen molar-refractivity contribution in [3.8, 4) is 11.8 Å². The maximum Gasteiger partial charge on any atom is 0.174 e. The van der Waals surface area contributed by atoms with E-state index in [4.69, 9.17) is 0 Å². The molecule has 2 heteroatoms. The average molecular weight is 445 g/mol. The molecule has 2 fully saturated rings. The average Bonchev–Trinajstić information content (AvgIpc) is 2.85. The number of hydrogen-bond donors (Lipinski definition) is 0. The molecule has 0 nitrogen and oxygen atoms in total. The number of rotatable bonds is 5. The summed E-state index contributed by atoms with van der Waals surface area (Å²) in [5.74, 6) is 6.40. The molecule has 2 aliphatic rings. The molecule has 2 aliphatic carbocycles. The quantitative estimate of drug-likeness (QED) is 0.321. The molecule has 0 N–H and O–H groups in total. The second kappa shape index (κ2) is 11.0. The van der Waals surface area contributed by atoms with E-state index in [-0.39, 0.29) is 11.5 Å². The zero-order chi connectivity index (χ0) is 23.2. The number of aryl methyl sites for hydroxylation is 1. The molecule has 4 unspecified atom stereocenters. The third-order valence-electron chi connectivity index (χ3n) is 7.67. The van der Waals surface area contributed by atoms with E-state index in [0.29, 0.717) is 23.3 Å². The fourth-order valence-electron chi connectivity index (χ4n) is 5.71. The molecule has 2 aromatic rings. The van der Waals surface area contributed by atoms with Gasteiger partial charge in [0.2, 0.25) is 0 Å². The maximum atomic E-state index is 15.1.